The third-order valence-corrected chi connectivity index (χ3v) is 4.21. The topological polar surface area (TPSA) is 40.5 Å². The van der Waals surface area contributed by atoms with Crippen molar-refractivity contribution in [1.29, 1.82) is 0 Å². The molecule has 1 atom stereocenters. The number of aliphatic hydroxyl groups excluding tert-OH is 1. The van der Waals surface area contributed by atoms with E-state index in [1.54, 1.807) is 4.90 Å². The third kappa shape index (κ3) is 2.38. The molecule has 1 aromatic carbocycles. The van der Waals surface area contributed by atoms with Crippen molar-refractivity contribution in [3.8, 4) is 0 Å². The SMILES string of the molecule is Cc1c(Br)cccc1C(=O)N1CCCC1CO. The van der Waals surface area contributed by atoms with Gasteiger partial charge in [0.2, 0.25) is 0 Å². The van der Waals surface area contributed by atoms with Crippen LogP contribution in [0.5, 0.6) is 0 Å². The summed E-state index contributed by atoms with van der Waals surface area (Å²) in [5.41, 5.74) is 1.68. The molecule has 1 amide bonds. The highest BCUT2D eigenvalue weighted by molar-refractivity contribution is 9.10. The second kappa shape index (κ2) is 5.19. The summed E-state index contributed by atoms with van der Waals surface area (Å²) in [7, 11) is 0. The van der Waals surface area contributed by atoms with Gasteiger partial charge >= 0.3 is 0 Å². The van der Waals surface area contributed by atoms with Gasteiger partial charge in [0.05, 0.1) is 12.6 Å². The Bertz CT molecular complexity index is 433. The van der Waals surface area contributed by atoms with Gasteiger partial charge in [0, 0.05) is 16.6 Å². The Morgan fingerprint density at radius 3 is 3.06 bits per heavy atom. The Hall–Kier alpha value is -0.870. The highest BCUT2D eigenvalue weighted by atomic mass is 79.9. The van der Waals surface area contributed by atoms with Gasteiger partial charge in [-0.05, 0) is 37.5 Å². The minimum atomic E-state index is -0.0131. The average Bonchev–Trinajstić information content (AvgIpc) is 2.80. The highest BCUT2D eigenvalue weighted by Gasteiger charge is 2.29. The molecule has 1 heterocycles. The summed E-state index contributed by atoms with van der Waals surface area (Å²) in [6.07, 6.45) is 1.87. The number of rotatable bonds is 2. The number of hydrogen-bond acceptors (Lipinski definition) is 2. The maximum Gasteiger partial charge on any atom is 0.254 e. The van der Waals surface area contributed by atoms with E-state index in [1.807, 2.05) is 25.1 Å². The molecule has 1 saturated heterocycles. The summed E-state index contributed by atoms with van der Waals surface area (Å²) in [5.74, 6) is 0.0281. The first-order chi connectivity index (χ1) is 8.15. The number of nitrogens with zero attached hydrogens (tertiary/aromatic N) is 1. The molecule has 0 bridgehead atoms. The van der Waals surface area contributed by atoms with Crippen LogP contribution >= 0.6 is 15.9 Å². The minimum absolute atomic E-state index is 0.0131. The Morgan fingerprint density at radius 2 is 2.35 bits per heavy atom. The zero-order valence-corrected chi connectivity index (χ0v) is 11.4. The fraction of sp³-hybridized carbons (Fsp3) is 0.462. The van der Waals surface area contributed by atoms with E-state index in [-0.39, 0.29) is 18.6 Å². The van der Waals surface area contributed by atoms with Crippen LogP contribution in [-0.2, 0) is 0 Å². The van der Waals surface area contributed by atoms with Crippen molar-refractivity contribution in [2.75, 3.05) is 13.2 Å². The van der Waals surface area contributed by atoms with Crippen LogP contribution in [0.3, 0.4) is 0 Å². The van der Waals surface area contributed by atoms with Gasteiger partial charge in [0.15, 0.2) is 0 Å². The Labute approximate surface area is 110 Å². The van der Waals surface area contributed by atoms with E-state index in [1.165, 1.54) is 0 Å². The van der Waals surface area contributed by atoms with Crippen molar-refractivity contribution in [3.63, 3.8) is 0 Å². The molecular weight excluding hydrogens is 282 g/mol. The van der Waals surface area contributed by atoms with Gasteiger partial charge in [0.1, 0.15) is 0 Å². The number of aliphatic hydroxyl groups is 1. The summed E-state index contributed by atoms with van der Waals surface area (Å²) in [5, 5.41) is 9.25. The van der Waals surface area contributed by atoms with Crippen molar-refractivity contribution in [1.82, 2.24) is 4.90 Å². The number of hydrogen-bond donors (Lipinski definition) is 1. The van der Waals surface area contributed by atoms with E-state index >= 15 is 0 Å². The molecule has 2 rings (SSSR count). The van der Waals surface area contributed by atoms with Crippen LogP contribution in [0.25, 0.3) is 0 Å². The summed E-state index contributed by atoms with van der Waals surface area (Å²) >= 11 is 3.43. The number of carbonyl (C=O) groups is 1. The predicted octanol–water partition coefficient (Wildman–Crippen LogP) is 2.35. The summed E-state index contributed by atoms with van der Waals surface area (Å²) < 4.78 is 0.947. The third-order valence-electron chi connectivity index (χ3n) is 3.35. The fourth-order valence-electron chi connectivity index (χ4n) is 2.29. The van der Waals surface area contributed by atoms with Crippen LogP contribution in [0.2, 0.25) is 0 Å². The molecule has 1 aliphatic rings. The van der Waals surface area contributed by atoms with Crippen LogP contribution in [-0.4, -0.2) is 35.1 Å². The first-order valence-corrected chi connectivity index (χ1v) is 6.61. The van der Waals surface area contributed by atoms with Crippen molar-refractivity contribution in [3.05, 3.63) is 33.8 Å². The van der Waals surface area contributed by atoms with E-state index in [0.29, 0.717) is 0 Å². The van der Waals surface area contributed by atoms with Gasteiger partial charge in [-0.25, -0.2) is 0 Å². The number of likely N-dealkylation sites (tertiary alicyclic amines) is 1. The lowest BCUT2D eigenvalue weighted by Gasteiger charge is -2.24. The molecule has 92 valence electrons. The number of benzene rings is 1. The number of carbonyl (C=O) groups excluding carboxylic acids is 1. The molecule has 0 saturated carbocycles. The molecule has 0 aromatic heterocycles. The normalized spacial score (nSPS) is 19.7. The Morgan fingerprint density at radius 1 is 1.59 bits per heavy atom. The molecule has 3 nitrogen and oxygen atoms in total. The van der Waals surface area contributed by atoms with Gasteiger partial charge < -0.3 is 10.0 Å². The van der Waals surface area contributed by atoms with E-state index in [2.05, 4.69) is 15.9 Å². The lowest BCUT2D eigenvalue weighted by molar-refractivity contribution is 0.0677. The molecule has 1 aliphatic heterocycles. The lowest BCUT2D eigenvalue weighted by atomic mass is 10.1. The van der Waals surface area contributed by atoms with Crippen LogP contribution in [0.4, 0.5) is 0 Å². The molecule has 0 spiro atoms. The van der Waals surface area contributed by atoms with E-state index in [0.717, 1.165) is 35.0 Å². The predicted molar refractivity (Wildman–Crippen MR) is 70.0 cm³/mol. The molecule has 4 heteroatoms. The van der Waals surface area contributed by atoms with Gasteiger partial charge in [-0.3, -0.25) is 4.79 Å². The molecule has 0 radical (unpaired) electrons. The maximum atomic E-state index is 12.4. The smallest absolute Gasteiger partial charge is 0.254 e. The standard InChI is InChI=1S/C13H16BrNO2/c1-9-11(5-2-6-12(9)14)13(17)15-7-3-4-10(15)8-16/h2,5-6,10,16H,3-4,7-8H2,1H3. The van der Waals surface area contributed by atoms with Crippen LogP contribution < -0.4 is 0 Å². The van der Waals surface area contributed by atoms with Crippen molar-refractivity contribution in [2.24, 2.45) is 0 Å². The zero-order valence-electron chi connectivity index (χ0n) is 9.82. The fourth-order valence-corrected chi connectivity index (χ4v) is 2.65. The monoisotopic (exact) mass is 297 g/mol. The second-order valence-corrected chi connectivity index (χ2v) is 5.24. The molecule has 1 unspecified atom stereocenters. The Kier molecular flexibility index (Phi) is 3.84. The molecule has 1 fully saturated rings. The quantitative estimate of drug-likeness (QED) is 0.910. The van der Waals surface area contributed by atoms with Crippen LogP contribution in [0, 0.1) is 6.92 Å². The first kappa shape index (κ1) is 12.6. The molecule has 1 N–H and O–H groups in total. The van der Waals surface area contributed by atoms with Gasteiger partial charge in [-0.15, -0.1) is 0 Å². The highest BCUT2D eigenvalue weighted by Crippen LogP contribution is 2.24. The van der Waals surface area contributed by atoms with Crippen molar-refractivity contribution < 1.29 is 9.90 Å². The van der Waals surface area contributed by atoms with Gasteiger partial charge in [-0.1, -0.05) is 22.0 Å². The Balaban J connectivity index is 2.28. The lowest BCUT2D eigenvalue weighted by Crippen LogP contribution is -2.37. The number of amides is 1. The average molecular weight is 298 g/mol. The maximum absolute atomic E-state index is 12.4. The molecule has 17 heavy (non-hydrogen) atoms. The van der Waals surface area contributed by atoms with Gasteiger partial charge in [-0.2, -0.15) is 0 Å². The molecule has 1 aromatic rings. The van der Waals surface area contributed by atoms with Crippen LogP contribution in [0.15, 0.2) is 22.7 Å². The van der Waals surface area contributed by atoms with E-state index < -0.39 is 0 Å². The van der Waals surface area contributed by atoms with Crippen molar-refractivity contribution >= 4 is 21.8 Å². The largest absolute Gasteiger partial charge is 0.394 e. The van der Waals surface area contributed by atoms with Crippen molar-refractivity contribution in [2.45, 2.75) is 25.8 Å². The molecule has 0 aliphatic carbocycles. The molecular formula is C13H16BrNO2. The zero-order chi connectivity index (χ0) is 12.4. The van der Waals surface area contributed by atoms with E-state index in [9.17, 15) is 9.90 Å². The minimum Gasteiger partial charge on any atom is -0.394 e. The summed E-state index contributed by atoms with van der Waals surface area (Å²) in [6, 6.07) is 5.63. The first-order valence-electron chi connectivity index (χ1n) is 5.82. The van der Waals surface area contributed by atoms with Crippen LogP contribution in [0.1, 0.15) is 28.8 Å². The summed E-state index contributed by atoms with van der Waals surface area (Å²) in [4.78, 5) is 14.2. The number of halogens is 1. The van der Waals surface area contributed by atoms with Gasteiger partial charge in [0.25, 0.3) is 5.91 Å². The summed E-state index contributed by atoms with van der Waals surface area (Å²) in [6.45, 7) is 2.73. The second-order valence-electron chi connectivity index (χ2n) is 4.39. The van der Waals surface area contributed by atoms with E-state index in [4.69, 9.17) is 0 Å².